The van der Waals surface area contributed by atoms with E-state index in [1.807, 2.05) is 0 Å². The molecule has 4 heteroatoms. The largest absolute Gasteiger partial charge is 0.343 e. The quantitative estimate of drug-likeness (QED) is 0.548. The maximum absolute atomic E-state index is 7.33. The molecule has 0 unspecified atom stereocenters. The highest BCUT2D eigenvalue weighted by Gasteiger charge is 2.21. The van der Waals surface area contributed by atoms with E-state index in [2.05, 4.69) is 14.7 Å². The Morgan fingerprint density at radius 2 is 2.56 bits per heavy atom. The van der Waals surface area contributed by atoms with Crippen LogP contribution < -0.4 is 5.45 Å². The van der Waals surface area contributed by atoms with E-state index in [0.717, 1.165) is 6.39 Å². The Hall–Kier alpha value is -0.643. The van der Waals surface area contributed by atoms with Gasteiger partial charge in [0.2, 0.25) is 6.39 Å². The summed E-state index contributed by atoms with van der Waals surface area (Å²) < 4.78 is 48.4. The summed E-state index contributed by atoms with van der Waals surface area (Å²) in [5.41, 5.74) is -0.192. The molecule has 0 bridgehead atoms. The van der Waals surface area contributed by atoms with Gasteiger partial charge in [0, 0.05) is 8.22 Å². The Morgan fingerprint density at radius 1 is 1.78 bits per heavy atom. The molecule has 0 radical (unpaired) electrons. The second-order valence-corrected chi connectivity index (χ2v) is 4.58. The van der Waals surface area contributed by atoms with Gasteiger partial charge in [0.1, 0.15) is 13.5 Å². The molecule has 0 amide bonds. The van der Waals surface area contributed by atoms with E-state index in [9.17, 15) is 0 Å². The average molecular weight is 148 g/mol. The lowest BCUT2D eigenvalue weighted by Crippen LogP contribution is -2.40. The molecule has 0 saturated carbocycles. The molecule has 0 aliphatic rings. The minimum Gasteiger partial charge on any atom is -0.343 e. The first-order chi connectivity index (χ1) is 6.61. The van der Waals surface area contributed by atoms with Gasteiger partial charge in [-0.05, 0) is 0 Å². The number of hydrogen-bond donors (Lipinski definition) is 0. The minimum absolute atomic E-state index is 0.192. The van der Waals surface area contributed by atoms with Crippen LogP contribution in [0.2, 0.25) is 19.5 Å². The van der Waals surface area contributed by atoms with Gasteiger partial charge >= 0.3 is 0 Å². The van der Waals surface area contributed by atoms with Crippen LogP contribution in [-0.4, -0.2) is 18.2 Å². The standard InChI is InChI=1S/C5H10N2OSi/c1-9(2,3)5-6-4-8-7-5/h4H,1-3H3/i1D3,2D3. The van der Waals surface area contributed by atoms with Gasteiger partial charge < -0.3 is 4.52 Å². The summed E-state index contributed by atoms with van der Waals surface area (Å²) in [5.74, 6) is 0. The van der Waals surface area contributed by atoms with Crippen molar-refractivity contribution >= 4 is 13.5 Å². The van der Waals surface area contributed by atoms with E-state index in [-0.39, 0.29) is 5.45 Å². The smallest absolute Gasteiger partial charge is 0.213 e. The molecule has 0 fully saturated rings. The van der Waals surface area contributed by atoms with Gasteiger partial charge in [0.25, 0.3) is 0 Å². The fourth-order valence-corrected chi connectivity index (χ4v) is 0.937. The SMILES string of the molecule is [2H]C([2H])([2H])[Si](C)(c1ncon1)C([2H])([2H])[2H]. The van der Waals surface area contributed by atoms with Crippen molar-refractivity contribution in [2.45, 2.75) is 19.5 Å². The van der Waals surface area contributed by atoms with Gasteiger partial charge in [0.15, 0.2) is 0 Å². The van der Waals surface area contributed by atoms with Crippen LogP contribution in [0.1, 0.15) is 8.22 Å². The van der Waals surface area contributed by atoms with Crippen LogP contribution in [0.3, 0.4) is 0 Å². The van der Waals surface area contributed by atoms with Crippen molar-refractivity contribution in [1.82, 2.24) is 10.1 Å². The highest BCUT2D eigenvalue weighted by Crippen LogP contribution is 1.95. The first-order valence-corrected chi connectivity index (χ1v) is 4.87. The van der Waals surface area contributed by atoms with E-state index < -0.39 is 21.0 Å². The fraction of sp³-hybridized carbons (Fsp3) is 0.600. The number of aromatic nitrogens is 2. The van der Waals surface area contributed by atoms with E-state index >= 15 is 0 Å². The first-order valence-electron chi connectivity index (χ1n) is 5.37. The highest BCUT2D eigenvalue weighted by molar-refractivity contribution is 6.87. The summed E-state index contributed by atoms with van der Waals surface area (Å²) in [6.45, 7) is -3.97. The molecule has 0 aliphatic heterocycles. The fourth-order valence-electron chi connectivity index (χ4n) is 0.391. The summed E-state index contributed by atoms with van der Waals surface area (Å²) in [6.07, 6.45) is 0.943. The first kappa shape index (κ1) is 2.19. The van der Waals surface area contributed by atoms with Crippen LogP contribution in [0.25, 0.3) is 0 Å². The van der Waals surface area contributed by atoms with Gasteiger partial charge in [-0.3, -0.25) is 0 Å². The zero-order chi connectivity index (χ0) is 11.9. The Balaban J connectivity index is 3.33. The maximum atomic E-state index is 7.33. The van der Waals surface area contributed by atoms with Crippen molar-refractivity contribution in [3.63, 3.8) is 0 Å². The summed E-state index contributed by atoms with van der Waals surface area (Å²) >= 11 is 0. The molecule has 0 atom stereocenters. The molecule has 0 spiro atoms. The van der Waals surface area contributed by atoms with Gasteiger partial charge in [-0.1, -0.05) is 24.7 Å². The predicted molar refractivity (Wildman–Crippen MR) is 37.3 cm³/mol. The molecule has 0 aromatic carbocycles. The monoisotopic (exact) mass is 148 g/mol. The van der Waals surface area contributed by atoms with Gasteiger partial charge in [-0.2, -0.15) is 0 Å². The van der Waals surface area contributed by atoms with E-state index in [1.54, 1.807) is 0 Å². The third-order valence-corrected chi connectivity index (χ3v) is 1.92. The average Bonchev–Trinajstić information content (AvgIpc) is 2.49. The Bertz CT molecular complexity index is 316. The molecule has 0 aliphatic carbocycles. The van der Waals surface area contributed by atoms with E-state index in [4.69, 9.17) is 8.22 Å². The van der Waals surface area contributed by atoms with Crippen molar-refractivity contribution in [3.05, 3.63) is 6.39 Å². The second-order valence-electron chi connectivity index (χ2n) is 1.88. The van der Waals surface area contributed by atoms with Crippen molar-refractivity contribution in [2.75, 3.05) is 0 Å². The van der Waals surface area contributed by atoms with Crippen LogP contribution in [0, 0.1) is 0 Å². The molecular formula is C5H10N2OSi. The Kier molecular flexibility index (Phi) is 0.475. The lowest BCUT2D eigenvalue weighted by molar-refractivity contribution is 0.420. The molecule has 0 N–H and O–H groups in total. The molecule has 1 rings (SSSR count). The van der Waals surface area contributed by atoms with Crippen molar-refractivity contribution < 1.29 is 12.7 Å². The molecule has 3 nitrogen and oxygen atoms in total. The van der Waals surface area contributed by atoms with E-state index in [0.29, 0.717) is 0 Å². The normalized spacial score (nSPS) is 24.6. The van der Waals surface area contributed by atoms with E-state index in [1.165, 1.54) is 6.55 Å². The molecule has 1 aromatic heterocycles. The summed E-state index contributed by atoms with van der Waals surface area (Å²) in [5, 5.41) is 3.38. The third kappa shape index (κ3) is 1.38. The lowest BCUT2D eigenvalue weighted by atomic mass is 11.3. The zero-order valence-corrected chi connectivity index (χ0v) is 5.88. The maximum Gasteiger partial charge on any atom is 0.213 e. The predicted octanol–water partition coefficient (Wildman–Crippen LogP) is 0.615. The lowest BCUT2D eigenvalue weighted by Gasteiger charge is -2.07. The molecule has 9 heavy (non-hydrogen) atoms. The molecule has 1 heterocycles. The third-order valence-electron chi connectivity index (χ3n) is 0.809. The van der Waals surface area contributed by atoms with Crippen molar-refractivity contribution in [2.24, 2.45) is 0 Å². The van der Waals surface area contributed by atoms with Crippen molar-refractivity contribution in [3.8, 4) is 0 Å². The highest BCUT2D eigenvalue weighted by atomic mass is 28.3. The van der Waals surface area contributed by atoms with Gasteiger partial charge in [-0.25, -0.2) is 4.98 Å². The summed E-state index contributed by atoms with van der Waals surface area (Å²) in [4.78, 5) is 3.59. The number of rotatable bonds is 1. The Labute approximate surface area is 63.5 Å². The molecule has 0 saturated heterocycles. The van der Waals surface area contributed by atoms with Crippen LogP contribution in [0.5, 0.6) is 0 Å². The summed E-state index contributed by atoms with van der Waals surface area (Å²) in [7, 11) is -3.79. The van der Waals surface area contributed by atoms with Crippen LogP contribution in [-0.2, 0) is 0 Å². The number of nitrogens with zero attached hydrogens (tertiary/aromatic N) is 2. The van der Waals surface area contributed by atoms with Crippen LogP contribution in [0.15, 0.2) is 10.9 Å². The van der Waals surface area contributed by atoms with Crippen LogP contribution in [0.4, 0.5) is 0 Å². The van der Waals surface area contributed by atoms with Crippen molar-refractivity contribution in [1.29, 1.82) is 0 Å². The van der Waals surface area contributed by atoms with Gasteiger partial charge in [-0.15, -0.1) is 0 Å². The molecule has 1 aromatic rings. The molecule has 50 valence electrons. The zero-order valence-electron chi connectivity index (χ0n) is 10.9. The minimum atomic E-state index is -3.79. The Morgan fingerprint density at radius 3 is 3.00 bits per heavy atom. The number of hydrogen-bond acceptors (Lipinski definition) is 3. The topological polar surface area (TPSA) is 38.9 Å². The van der Waals surface area contributed by atoms with Crippen LogP contribution >= 0.6 is 0 Å². The molecular weight excluding hydrogens is 132 g/mol. The summed E-state index contributed by atoms with van der Waals surface area (Å²) in [6, 6.07) is 0. The second kappa shape index (κ2) is 1.95. The van der Waals surface area contributed by atoms with Gasteiger partial charge in [0.05, 0.1) is 0 Å².